The lowest BCUT2D eigenvalue weighted by atomic mass is 9.74. The summed E-state index contributed by atoms with van der Waals surface area (Å²) in [6.45, 7) is 7.22. The zero-order valence-corrected chi connectivity index (χ0v) is 9.20. The van der Waals surface area contributed by atoms with Crippen molar-refractivity contribution in [2.75, 3.05) is 0 Å². The number of aliphatic hydroxyl groups excluding tert-OH is 1. The van der Waals surface area contributed by atoms with Gasteiger partial charge in [-0.1, -0.05) is 13.8 Å². The van der Waals surface area contributed by atoms with Crippen LogP contribution >= 0.6 is 0 Å². The van der Waals surface area contributed by atoms with Crippen molar-refractivity contribution in [1.29, 1.82) is 0 Å². The van der Waals surface area contributed by atoms with Crippen LogP contribution in [-0.2, 0) is 9.53 Å². The van der Waals surface area contributed by atoms with Crippen molar-refractivity contribution < 1.29 is 14.6 Å². The standard InChI is InChI=1S/C11H18O3/c1-7-5-9(14-8(2)12)6-11(3,4)10(7)13/h5,9-10,13H,6H2,1-4H3/t9-,10-/m0/s1. The smallest absolute Gasteiger partial charge is 0.303 e. The van der Waals surface area contributed by atoms with Crippen LogP contribution in [0.2, 0.25) is 0 Å². The Hall–Kier alpha value is -0.830. The number of esters is 1. The number of carbonyl (C=O) groups excluding carboxylic acids is 1. The fraction of sp³-hybridized carbons (Fsp3) is 0.727. The van der Waals surface area contributed by atoms with Crippen LogP contribution in [0.1, 0.15) is 34.1 Å². The number of rotatable bonds is 1. The molecule has 0 radical (unpaired) electrons. The van der Waals surface area contributed by atoms with Gasteiger partial charge in [0.05, 0.1) is 6.10 Å². The van der Waals surface area contributed by atoms with E-state index in [0.717, 1.165) is 5.57 Å². The Balaban J connectivity index is 2.80. The molecule has 0 aliphatic heterocycles. The SMILES string of the molecule is CC(=O)O[C@H]1C=C(C)[C@H](O)C(C)(C)C1. The average molecular weight is 198 g/mol. The third-order valence-electron chi connectivity index (χ3n) is 2.66. The van der Waals surface area contributed by atoms with Crippen molar-refractivity contribution in [3.8, 4) is 0 Å². The van der Waals surface area contributed by atoms with Crippen molar-refractivity contribution in [3.63, 3.8) is 0 Å². The van der Waals surface area contributed by atoms with Crippen LogP contribution in [0, 0.1) is 5.41 Å². The molecule has 1 aliphatic rings. The Bertz CT molecular complexity index is 266. The second kappa shape index (κ2) is 3.73. The maximum absolute atomic E-state index is 10.8. The van der Waals surface area contributed by atoms with Crippen LogP contribution in [0.5, 0.6) is 0 Å². The molecular formula is C11H18O3. The van der Waals surface area contributed by atoms with E-state index in [1.54, 1.807) is 0 Å². The fourth-order valence-electron chi connectivity index (χ4n) is 1.98. The van der Waals surface area contributed by atoms with Gasteiger partial charge in [-0.05, 0) is 30.4 Å². The molecule has 3 nitrogen and oxygen atoms in total. The molecular weight excluding hydrogens is 180 g/mol. The summed E-state index contributed by atoms with van der Waals surface area (Å²) in [5.74, 6) is -0.272. The molecule has 80 valence electrons. The summed E-state index contributed by atoms with van der Waals surface area (Å²) in [5, 5.41) is 9.85. The van der Waals surface area contributed by atoms with Gasteiger partial charge in [0.1, 0.15) is 6.10 Å². The lowest BCUT2D eigenvalue weighted by Gasteiger charge is -2.37. The molecule has 0 fully saturated rings. The highest BCUT2D eigenvalue weighted by molar-refractivity contribution is 5.66. The van der Waals surface area contributed by atoms with Gasteiger partial charge in [0.25, 0.3) is 0 Å². The van der Waals surface area contributed by atoms with Crippen LogP contribution in [0.15, 0.2) is 11.6 Å². The van der Waals surface area contributed by atoms with E-state index in [2.05, 4.69) is 0 Å². The molecule has 0 heterocycles. The molecule has 3 heteroatoms. The summed E-state index contributed by atoms with van der Waals surface area (Å²) < 4.78 is 5.12. The van der Waals surface area contributed by atoms with E-state index in [9.17, 15) is 9.90 Å². The van der Waals surface area contributed by atoms with Gasteiger partial charge in [-0.15, -0.1) is 0 Å². The lowest BCUT2D eigenvalue weighted by Crippen LogP contribution is -2.39. The molecule has 0 saturated carbocycles. The van der Waals surface area contributed by atoms with Crippen molar-refractivity contribution in [3.05, 3.63) is 11.6 Å². The van der Waals surface area contributed by atoms with Crippen molar-refractivity contribution in [1.82, 2.24) is 0 Å². The summed E-state index contributed by atoms with van der Waals surface area (Å²) in [5.41, 5.74) is 0.659. The first kappa shape index (κ1) is 11.2. The van der Waals surface area contributed by atoms with Crippen molar-refractivity contribution >= 4 is 5.97 Å². The minimum Gasteiger partial charge on any atom is -0.458 e. The van der Waals surface area contributed by atoms with E-state index in [0.29, 0.717) is 6.42 Å². The van der Waals surface area contributed by atoms with Gasteiger partial charge in [0.15, 0.2) is 0 Å². The van der Waals surface area contributed by atoms with Crippen LogP contribution in [0.4, 0.5) is 0 Å². The Morgan fingerprint density at radius 3 is 2.64 bits per heavy atom. The third-order valence-corrected chi connectivity index (χ3v) is 2.66. The van der Waals surface area contributed by atoms with E-state index < -0.39 is 6.10 Å². The lowest BCUT2D eigenvalue weighted by molar-refractivity contribution is -0.146. The van der Waals surface area contributed by atoms with E-state index in [1.807, 2.05) is 26.8 Å². The maximum Gasteiger partial charge on any atom is 0.303 e. The second-order valence-corrected chi connectivity index (χ2v) is 4.65. The second-order valence-electron chi connectivity index (χ2n) is 4.65. The van der Waals surface area contributed by atoms with Crippen LogP contribution in [0.3, 0.4) is 0 Å². The highest BCUT2D eigenvalue weighted by Crippen LogP contribution is 2.36. The highest BCUT2D eigenvalue weighted by Gasteiger charge is 2.36. The maximum atomic E-state index is 10.8. The predicted molar refractivity (Wildman–Crippen MR) is 53.7 cm³/mol. The predicted octanol–water partition coefficient (Wildman–Crippen LogP) is 1.66. The highest BCUT2D eigenvalue weighted by atomic mass is 16.5. The summed E-state index contributed by atoms with van der Waals surface area (Å²) in [6, 6.07) is 0. The first-order valence-electron chi connectivity index (χ1n) is 4.86. The Labute approximate surface area is 84.8 Å². The molecule has 14 heavy (non-hydrogen) atoms. The first-order chi connectivity index (χ1) is 6.33. The number of carbonyl (C=O) groups is 1. The zero-order chi connectivity index (χ0) is 10.9. The molecule has 1 N–H and O–H groups in total. The minimum absolute atomic E-state index is 0.189. The van der Waals surface area contributed by atoms with Gasteiger partial charge < -0.3 is 9.84 Å². The van der Waals surface area contributed by atoms with Gasteiger partial charge in [-0.2, -0.15) is 0 Å². The van der Waals surface area contributed by atoms with E-state index in [4.69, 9.17) is 4.74 Å². The summed E-state index contributed by atoms with van der Waals surface area (Å²) in [7, 11) is 0. The first-order valence-corrected chi connectivity index (χ1v) is 4.86. The van der Waals surface area contributed by atoms with Crippen LogP contribution < -0.4 is 0 Å². The number of hydrogen-bond acceptors (Lipinski definition) is 3. The quantitative estimate of drug-likeness (QED) is 0.515. The number of hydrogen-bond donors (Lipinski definition) is 1. The molecule has 0 saturated heterocycles. The molecule has 0 bridgehead atoms. The van der Waals surface area contributed by atoms with Crippen molar-refractivity contribution in [2.45, 2.75) is 46.3 Å². The molecule has 0 aromatic carbocycles. The Kier molecular flexibility index (Phi) is 3.00. The molecule has 1 aliphatic carbocycles. The van der Waals surface area contributed by atoms with Crippen LogP contribution in [0.25, 0.3) is 0 Å². The van der Waals surface area contributed by atoms with Crippen LogP contribution in [-0.4, -0.2) is 23.3 Å². The van der Waals surface area contributed by atoms with Gasteiger partial charge in [0, 0.05) is 6.92 Å². The molecule has 0 aromatic rings. The molecule has 0 unspecified atom stereocenters. The molecule has 1 rings (SSSR count). The number of aliphatic hydroxyl groups is 1. The normalized spacial score (nSPS) is 30.8. The summed E-state index contributed by atoms with van der Waals surface area (Å²) >= 11 is 0. The molecule has 0 spiro atoms. The van der Waals surface area contributed by atoms with E-state index in [-0.39, 0.29) is 17.5 Å². The zero-order valence-electron chi connectivity index (χ0n) is 9.20. The van der Waals surface area contributed by atoms with Crippen molar-refractivity contribution in [2.24, 2.45) is 5.41 Å². The third kappa shape index (κ3) is 2.35. The Morgan fingerprint density at radius 1 is 1.64 bits per heavy atom. The minimum atomic E-state index is -0.436. The monoisotopic (exact) mass is 198 g/mol. The molecule has 0 amide bonds. The fourth-order valence-corrected chi connectivity index (χ4v) is 1.98. The van der Waals surface area contributed by atoms with E-state index >= 15 is 0 Å². The van der Waals surface area contributed by atoms with Gasteiger partial charge in [-0.25, -0.2) is 0 Å². The Morgan fingerprint density at radius 2 is 2.21 bits per heavy atom. The van der Waals surface area contributed by atoms with Gasteiger partial charge >= 0.3 is 5.97 Å². The molecule has 0 aromatic heterocycles. The average Bonchev–Trinajstić information content (AvgIpc) is 1.98. The van der Waals surface area contributed by atoms with E-state index in [1.165, 1.54) is 6.92 Å². The van der Waals surface area contributed by atoms with Gasteiger partial charge in [-0.3, -0.25) is 4.79 Å². The molecule has 2 atom stereocenters. The number of ether oxygens (including phenoxy) is 1. The van der Waals surface area contributed by atoms with Gasteiger partial charge in [0.2, 0.25) is 0 Å². The topological polar surface area (TPSA) is 46.5 Å². The largest absolute Gasteiger partial charge is 0.458 e. The summed E-state index contributed by atoms with van der Waals surface area (Å²) in [4.78, 5) is 10.8. The summed E-state index contributed by atoms with van der Waals surface area (Å²) in [6.07, 6.45) is 1.88.